The highest BCUT2D eigenvalue weighted by Gasteiger charge is 2.77. The van der Waals surface area contributed by atoms with E-state index in [2.05, 4.69) is 15.6 Å². The molecule has 2 heterocycles. The second kappa shape index (κ2) is 18.4. The second-order valence-corrected chi connectivity index (χ2v) is 16.3. The number of rotatable bonds is 18. The standard InChI is InChI=1S/C42H54N4O13/c1-24(49)54-23-33-36(55-25(2)50)37(56-26(3)51)35-39(59-42(33,35)57-27(4)52)58-41(7,8)15-9-14-40(5,6)43-38(53)31-12-10-28(11-13-31)19-46-20-34(44-45-46)32-17-29(21-47)16-30(18-32)22-48/h10-13,16-18,20,33,35-37,39,47-48H,9,14-15,19,21-23H2,1-8H3,(H,43,53)/t33?,35?,36-,37?,39-,42?/m1/s1. The van der Waals surface area contributed by atoms with Crippen molar-refractivity contribution in [3.8, 4) is 11.3 Å². The molecule has 2 aromatic carbocycles. The van der Waals surface area contributed by atoms with Crippen LogP contribution in [0.4, 0.5) is 0 Å². The summed E-state index contributed by atoms with van der Waals surface area (Å²) in [7, 11) is 0. The van der Waals surface area contributed by atoms with Gasteiger partial charge in [-0.25, -0.2) is 4.68 Å². The first-order valence-electron chi connectivity index (χ1n) is 19.4. The molecule has 2 aliphatic rings. The van der Waals surface area contributed by atoms with E-state index in [1.54, 1.807) is 41.2 Å². The molecule has 3 aromatic rings. The number of amides is 1. The number of ether oxygens (including phenoxy) is 6. The third kappa shape index (κ3) is 11.1. The molecule has 320 valence electrons. The van der Waals surface area contributed by atoms with Gasteiger partial charge in [-0.1, -0.05) is 23.4 Å². The number of aromatic nitrogens is 3. The number of carbonyl (C=O) groups excluding carboxylic acids is 5. The van der Waals surface area contributed by atoms with Crippen LogP contribution in [0.15, 0.2) is 48.7 Å². The summed E-state index contributed by atoms with van der Waals surface area (Å²) in [6.45, 7) is 12.1. The Balaban J connectivity index is 1.17. The van der Waals surface area contributed by atoms with Crippen LogP contribution in [0.2, 0.25) is 0 Å². The molecule has 5 rings (SSSR count). The van der Waals surface area contributed by atoms with Crippen molar-refractivity contribution in [3.63, 3.8) is 0 Å². The van der Waals surface area contributed by atoms with Crippen LogP contribution in [-0.4, -0.2) is 97.0 Å². The van der Waals surface area contributed by atoms with Gasteiger partial charge in [0.15, 0.2) is 18.5 Å². The van der Waals surface area contributed by atoms with Crippen molar-refractivity contribution in [1.82, 2.24) is 20.3 Å². The van der Waals surface area contributed by atoms with Gasteiger partial charge < -0.3 is 44.0 Å². The van der Waals surface area contributed by atoms with E-state index in [1.165, 1.54) is 27.7 Å². The number of hydrogen-bond acceptors (Lipinski definition) is 15. The quantitative estimate of drug-likeness (QED) is 0.123. The molecular weight excluding hydrogens is 768 g/mol. The Labute approximate surface area is 342 Å². The minimum Gasteiger partial charge on any atom is -0.465 e. The van der Waals surface area contributed by atoms with E-state index in [9.17, 15) is 34.2 Å². The maximum absolute atomic E-state index is 13.3. The Morgan fingerprint density at radius 1 is 0.831 bits per heavy atom. The molecule has 59 heavy (non-hydrogen) atoms. The number of benzene rings is 2. The van der Waals surface area contributed by atoms with Gasteiger partial charge in [0.2, 0.25) is 5.79 Å². The zero-order valence-corrected chi connectivity index (χ0v) is 34.7. The zero-order chi connectivity index (χ0) is 43.3. The Bertz CT molecular complexity index is 1990. The van der Waals surface area contributed by atoms with Crippen LogP contribution in [0.5, 0.6) is 0 Å². The van der Waals surface area contributed by atoms with E-state index in [0.29, 0.717) is 48.2 Å². The fraction of sp³-hybridized carbons (Fsp3) is 0.548. The molecule has 0 radical (unpaired) electrons. The van der Waals surface area contributed by atoms with E-state index >= 15 is 0 Å². The molecule has 1 amide bonds. The number of aliphatic hydroxyl groups is 2. The van der Waals surface area contributed by atoms with Gasteiger partial charge in [0.05, 0.1) is 31.6 Å². The minimum absolute atomic E-state index is 0.162. The predicted molar refractivity (Wildman–Crippen MR) is 207 cm³/mol. The average molecular weight is 823 g/mol. The van der Waals surface area contributed by atoms with Crippen LogP contribution in [0.1, 0.15) is 102 Å². The van der Waals surface area contributed by atoms with E-state index < -0.39 is 71.1 Å². The maximum atomic E-state index is 13.3. The lowest BCUT2D eigenvalue weighted by Gasteiger charge is -2.53. The number of aliphatic hydroxyl groups excluding tert-OH is 2. The number of fused-ring (bicyclic) bond motifs is 1. The van der Waals surface area contributed by atoms with Gasteiger partial charge in [-0.3, -0.25) is 24.0 Å². The molecule has 6 atom stereocenters. The van der Waals surface area contributed by atoms with Crippen LogP contribution < -0.4 is 5.32 Å². The summed E-state index contributed by atoms with van der Waals surface area (Å²) in [5.74, 6) is -6.67. The van der Waals surface area contributed by atoms with Gasteiger partial charge in [-0.15, -0.1) is 5.10 Å². The SMILES string of the molecule is CC(=O)OCC1[C@@H](OC(C)=O)C(OC(C)=O)C2[C@H](OC(C)(C)CCCC(C)(C)NC(=O)c3ccc(Cn4cc(-c5cc(CO)cc(CO)c5)nn4)cc3)OC21OC(C)=O. The smallest absolute Gasteiger partial charge is 0.305 e. The molecule has 3 N–H and O–H groups in total. The van der Waals surface area contributed by atoms with Gasteiger partial charge >= 0.3 is 23.9 Å². The van der Waals surface area contributed by atoms with Gasteiger partial charge in [0.1, 0.15) is 24.1 Å². The molecule has 4 unspecified atom stereocenters. The molecule has 1 aliphatic carbocycles. The Hall–Kier alpha value is -5.23. The normalized spacial score (nSPS) is 22.4. The summed E-state index contributed by atoms with van der Waals surface area (Å²) in [5.41, 5.74) is 2.62. The molecule has 1 aliphatic heterocycles. The molecule has 0 bridgehead atoms. The molecule has 1 aromatic heterocycles. The molecule has 1 saturated heterocycles. The summed E-state index contributed by atoms with van der Waals surface area (Å²) < 4.78 is 36.4. The molecule has 17 nitrogen and oxygen atoms in total. The van der Waals surface area contributed by atoms with E-state index in [1.807, 2.05) is 39.8 Å². The highest BCUT2D eigenvalue weighted by atomic mass is 16.8. The van der Waals surface area contributed by atoms with Crippen LogP contribution >= 0.6 is 0 Å². The fourth-order valence-electron chi connectivity index (χ4n) is 7.73. The molecule has 1 saturated carbocycles. The summed E-state index contributed by atoms with van der Waals surface area (Å²) in [6, 6.07) is 12.5. The van der Waals surface area contributed by atoms with Crippen molar-refractivity contribution in [2.24, 2.45) is 11.8 Å². The van der Waals surface area contributed by atoms with Crippen molar-refractivity contribution in [2.75, 3.05) is 6.61 Å². The first kappa shape index (κ1) is 44.9. The van der Waals surface area contributed by atoms with Gasteiger partial charge in [0.25, 0.3) is 5.91 Å². The van der Waals surface area contributed by atoms with Gasteiger partial charge in [-0.2, -0.15) is 0 Å². The predicted octanol–water partition coefficient (Wildman–Crippen LogP) is 3.74. The first-order chi connectivity index (χ1) is 27.7. The zero-order valence-electron chi connectivity index (χ0n) is 34.7. The van der Waals surface area contributed by atoms with Crippen LogP contribution in [-0.2, 0) is 67.4 Å². The lowest BCUT2D eigenvalue weighted by atomic mass is 9.87. The highest BCUT2D eigenvalue weighted by molar-refractivity contribution is 5.94. The van der Waals surface area contributed by atoms with Crippen molar-refractivity contribution in [1.29, 1.82) is 0 Å². The van der Waals surface area contributed by atoms with Gasteiger partial charge in [-0.05, 0) is 87.9 Å². The largest absolute Gasteiger partial charge is 0.465 e. The Morgan fingerprint density at radius 3 is 2.03 bits per heavy atom. The van der Waals surface area contributed by atoms with Crippen molar-refractivity contribution in [2.45, 2.75) is 130 Å². The second-order valence-electron chi connectivity index (χ2n) is 16.3. The third-order valence-corrected chi connectivity index (χ3v) is 10.3. The van der Waals surface area contributed by atoms with E-state index in [4.69, 9.17) is 28.4 Å². The summed E-state index contributed by atoms with van der Waals surface area (Å²) in [5, 5.41) is 30.7. The van der Waals surface area contributed by atoms with Crippen molar-refractivity contribution < 1.29 is 62.6 Å². The highest BCUT2D eigenvalue weighted by Crippen LogP contribution is 2.58. The Morgan fingerprint density at radius 2 is 1.46 bits per heavy atom. The number of esters is 4. The first-order valence-corrected chi connectivity index (χ1v) is 19.4. The summed E-state index contributed by atoms with van der Waals surface area (Å²) in [4.78, 5) is 61.9. The van der Waals surface area contributed by atoms with Crippen LogP contribution in [0.25, 0.3) is 11.3 Å². The van der Waals surface area contributed by atoms with Crippen LogP contribution in [0.3, 0.4) is 0 Å². The fourth-order valence-corrected chi connectivity index (χ4v) is 7.73. The number of nitrogens with one attached hydrogen (secondary N) is 1. The number of carbonyl (C=O) groups is 5. The molecule has 0 spiro atoms. The minimum atomic E-state index is -1.77. The molecule has 17 heteroatoms. The number of hydrogen-bond donors (Lipinski definition) is 3. The lowest BCUT2D eigenvalue weighted by Crippen LogP contribution is -2.67. The molecular formula is C42H54N4O13. The summed E-state index contributed by atoms with van der Waals surface area (Å²) in [6.07, 6.45) is 0.116. The maximum Gasteiger partial charge on any atom is 0.305 e. The molecule has 2 fully saturated rings. The van der Waals surface area contributed by atoms with Crippen molar-refractivity contribution in [3.05, 3.63) is 70.9 Å². The lowest BCUT2D eigenvalue weighted by molar-refractivity contribution is -0.449. The monoisotopic (exact) mass is 822 g/mol. The van der Waals surface area contributed by atoms with Crippen LogP contribution in [0, 0.1) is 11.8 Å². The van der Waals surface area contributed by atoms with Crippen molar-refractivity contribution >= 4 is 29.8 Å². The number of nitrogens with zero attached hydrogens (tertiary/aromatic N) is 3. The van der Waals surface area contributed by atoms with E-state index in [-0.39, 0.29) is 25.7 Å². The third-order valence-electron chi connectivity index (χ3n) is 10.3. The van der Waals surface area contributed by atoms with Gasteiger partial charge in [0, 0.05) is 44.4 Å². The summed E-state index contributed by atoms with van der Waals surface area (Å²) >= 11 is 0. The Kier molecular flexibility index (Phi) is 14.0. The topological polar surface area (TPSA) is 224 Å². The van der Waals surface area contributed by atoms with E-state index in [0.717, 1.165) is 11.1 Å². The average Bonchev–Trinajstić information content (AvgIpc) is 3.67.